The van der Waals surface area contributed by atoms with Gasteiger partial charge < -0.3 is 15.5 Å². The van der Waals surface area contributed by atoms with E-state index in [9.17, 15) is 4.79 Å². The summed E-state index contributed by atoms with van der Waals surface area (Å²) in [5, 5.41) is 0. The number of rotatable bonds is 2. The van der Waals surface area contributed by atoms with Gasteiger partial charge in [-0.25, -0.2) is 0 Å². The van der Waals surface area contributed by atoms with Crippen molar-refractivity contribution in [3.05, 3.63) is 0 Å². The van der Waals surface area contributed by atoms with Gasteiger partial charge in [0.25, 0.3) is 0 Å². The van der Waals surface area contributed by atoms with Gasteiger partial charge in [0.05, 0.1) is 10.4 Å². The summed E-state index contributed by atoms with van der Waals surface area (Å²) in [5.74, 6) is 0.176. The topological polar surface area (TPSA) is 49.6 Å². The fraction of sp³-hybridized carbons (Fsp3) is 0.833. The Morgan fingerprint density at radius 3 is 2.18 bits per heavy atom. The minimum Gasteiger partial charge on any atom is -0.392 e. The number of carbonyl (C=O) groups is 1. The fourth-order valence-corrected chi connectivity index (χ4v) is 3.15. The van der Waals surface area contributed by atoms with Crippen LogP contribution in [0.25, 0.3) is 0 Å². The van der Waals surface area contributed by atoms with Crippen LogP contribution in [0.2, 0.25) is 0 Å². The molecule has 1 saturated heterocycles. The molecule has 0 aromatic rings. The molecule has 2 fully saturated rings. The first-order valence-electron chi connectivity index (χ1n) is 6.34. The Morgan fingerprint density at radius 1 is 1.18 bits per heavy atom. The van der Waals surface area contributed by atoms with Crippen molar-refractivity contribution < 1.29 is 4.79 Å². The molecule has 0 atom stereocenters. The van der Waals surface area contributed by atoms with Gasteiger partial charge in [0, 0.05) is 26.2 Å². The van der Waals surface area contributed by atoms with Gasteiger partial charge in [0.1, 0.15) is 0 Å². The van der Waals surface area contributed by atoms with Gasteiger partial charge in [-0.2, -0.15) is 0 Å². The summed E-state index contributed by atoms with van der Waals surface area (Å²) in [5.41, 5.74) is 5.32. The monoisotopic (exact) mass is 255 g/mol. The molecular weight excluding hydrogens is 234 g/mol. The Labute approximate surface area is 108 Å². The van der Waals surface area contributed by atoms with Crippen LogP contribution in [0.15, 0.2) is 0 Å². The second-order valence-electron chi connectivity index (χ2n) is 5.25. The highest BCUT2D eigenvalue weighted by atomic mass is 32.1. The highest BCUT2D eigenvalue weighted by Gasteiger charge is 2.46. The summed E-state index contributed by atoms with van der Waals surface area (Å²) in [6, 6.07) is 0. The number of nitrogens with zero attached hydrogens (tertiary/aromatic N) is 2. The van der Waals surface area contributed by atoms with Crippen LogP contribution >= 0.6 is 12.2 Å². The van der Waals surface area contributed by atoms with Crippen molar-refractivity contribution in [2.75, 3.05) is 33.2 Å². The van der Waals surface area contributed by atoms with Crippen LogP contribution in [0.4, 0.5) is 0 Å². The van der Waals surface area contributed by atoms with Gasteiger partial charge in [-0.15, -0.1) is 0 Å². The molecule has 0 unspecified atom stereocenters. The van der Waals surface area contributed by atoms with Crippen molar-refractivity contribution in [1.29, 1.82) is 0 Å². The first-order valence-corrected chi connectivity index (χ1v) is 6.75. The largest absolute Gasteiger partial charge is 0.392 e. The molecule has 96 valence electrons. The van der Waals surface area contributed by atoms with E-state index in [0.29, 0.717) is 4.99 Å². The Hall–Kier alpha value is -0.680. The molecule has 1 heterocycles. The number of hydrogen-bond donors (Lipinski definition) is 1. The molecule has 5 heteroatoms. The number of likely N-dealkylation sites (N-methyl/N-ethyl adjacent to an activating group) is 1. The Morgan fingerprint density at radius 2 is 1.71 bits per heavy atom. The van der Waals surface area contributed by atoms with Crippen molar-refractivity contribution in [3.63, 3.8) is 0 Å². The second kappa shape index (κ2) is 4.90. The molecule has 0 radical (unpaired) electrons. The number of hydrogen-bond acceptors (Lipinski definition) is 3. The predicted octanol–water partition coefficient (Wildman–Crippen LogP) is 0.607. The molecular formula is C12H21N3OS. The van der Waals surface area contributed by atoms with E-state index < -0.39 is 5.41 Å². The summed E-state index contributed by atoms with van der Waals surface area (Å²) in [4.78, 5) is 17.2. The molecule has 2 aliphatic rings. The first-order chi connectivity index (χ1) is 8.06. The van der Waals surface area contributed by atoms with Crippen molar-refractivity contribution in [3.8, 4) is 0 Å². The highest BCUT2D eigenvalue weighted by Crippen LogP contribution is 2.40. The molecule has 2 rings (SSSR count). The molecule has 1 saturated carbocycles. The fourth-order valence-electron chi connectivity index (χ4n) is 2.86. The van der Waals surface area contributed by atoms with E-state index in [2.05, 4.69) is 11.9 Å². The molecule has 1 aliphatic heterocycles. The average molecular weight is 255 g/mol. The minimum atomic E-state index is -0.523. The van der Waals surface area contributed by atoms with E-state index in [1.165, 1.54) is 0 Å². The van der Waals surface area contributed by atoms with Gasteiger partial charge in [-0.3, -0.25) is 4.79 Å². The van der Waals surface area contributed by atoms with Gasteiger partial charge in [-0.1, -0.05) is 25.1 Å². The van der Waals surface area contributed by atoms with Gasteiger partial charge in [0.15, 0.2) is 0 Å². The number of nitrogens with two attached hydrogens (primary N) is 1. The number of amides is 1. The normalized spacial score (nSPS) is 24.9. The van der Waals surface area contributed by atoms with Crippen LogP contribution in [0.5, 0.6) is 0 Å². The zero-order valence-electron chi connectivity index (χ0n) is 10.4. The van der Waals surface area contributed by atoms with Crippen LogP contribution in [0.1, 0.15) is 25.7 Å². The summed E-state index contributed by atoms with van der Waals surface area (Å²) < 4.78 is 0. The van der Waals surface area contributed by atoms with E-state index in [4.69, 9.17) is 18.0 Å². The maximum Gasteiger partial charge on any atom is 0.235 e. The lowest BCUT2D eigenvalue weighted by Crippen LogP contribution is -2.54. The lowest BCUT2D eigenvalue weighted by molar-refractivity contribution is -0.139. The quantitative estimate of drug-likeness (QED) is 0.734. The number of piperazine rings is 1. The summed E-state index contributed by atoms with van der Waals surface area (Å²) in [7, 11) is 2.08. The number of thiocarbonyl (C=S) groups is 1. The third-order valence-electron chi connectivity index (χ3n) is 4.13. The SMILES string of the molecule is CN1CCN(C(=O)C2(C(N)=S)CCCC2)CC1. The van der Waals surface area contributed by atoms with Gasteiger partial charge in [-0.05, 0) is 19.9 Å². The van der Waals surface area contributed by atoms with Crippen LogP contribution in [-0.2, 0) is 4.79 Å². The average Bonchev–Trinajstić information content (AvgIpc) is 2.79. The predicted molar refractivity (Wildman–Crippen MR) is 71.8 cm³/mol. The molecule has 0 bridgehead atoms. The maximum atomic E-state index is 12.6. The van der Waals surface area contributed by atoms with Crippen molar-refractivity contribution >= 4 is 23.1 Å². The zero-order valence-corrected chi connectivity index (χ0v) is 11.3. The maximum absolute atomic E-state index is 12.6. The van der Waals surface area contributed by atoms with Crippen molar-refractivity contribution in [2.24, 2.45) is 11.1 Å². The van der Waals surface area contributed by atoms with Crippen LogP contribution in [0, 0.1) is 5.41 Å². The summed E-state index contributed by atoms with van der Waals surface area (Å²) in [6.45, 7) is 3.50. The molecule has 0 spiro atoms. The molecule has 2 N–H and O–H groups in total. The molecule has 0 aromatic carbocycles. The highest BCUT2D eigenvalue weighted by molar-refractivity contribution is 7.80. The van der Waals surface area contributed by atoms with Crippen molar-refractivity contribution in [2.45, 2.75) is 25.7 Å². The third-order valence-corrected chi connectivity index (χ3v) is 4.52. The summed E-state index contributed by atoms with van der Waals surface area (Å²) in [6.07, 6.45) is 3.81. The van der Waals surface area contributed by atoms with Crippen LogP contribution in [0.3, 0.4) is 0 Å². The van der Waals surface area contributed by atoms with E-state index in [-0.39, 0.29) is 5.91 Å². The van der Waals surface area contributed by atoms with E-state index in [0.717, 1.165) is 51.9 Å². The minimum absolute atomic E-state index is 0.176. The molecule has 4 nitrogen and oxygen atoms in total. The smallest absolute Gasteiger partial charge is 0.235 e. The molecule has 17 heavy (non-hydrogen) atoms. The first kappa shape index (κ1) is 12.8. The lowest BCUT2D eigenvalue weighted by Gasteiger charge is -2.38. The van der Waals surface area contributed by atoms with E-state index in [1.54, 1.807) is 0 Å². The van der Waals surface area contributed by atoms with Crippen LogP contribution in [-0.4, -0.2) is 53.9 Å². The second-order valence-corrected chi connectivity index (χ2v) is 5.69. The summed E-state index contributed by atoms with van der Waals surface area (Å²) >= 11 is 5.16. The Balaban J connectivity index is 2.09. The third kappa shape index (κ3) is 2.31. The Kier molecular flexibility index (Phi) is 3.68. The van der Waals surface area contributed by atoms with E-state index >= 15 is 0 Å². The zero-order chi connectivity index (χ0) is 12.5. The van der Waals surface area contributed by atoms with Gasteiger partial charge in [0.2, 0.25) is 5.91 Å². The molecule has 1 amide bonds. The van der Waals surface area contributed by atoms with Crippen LogP contribution < -0.4 is 5.73 Å². The lowest BCUT2D eigenvalue weighted by atomic mass is 9.84. The van der Waals surface area contributed by atoms with E-state index in [1.807, 2.05) is 4.90 Å². The molecule has 0 aromatic heterocycles. The molecule has 1 aliphatic carbocycles. The van der Waals surface area contributed by atoms with Gasteiger partial charge >= 0.3 is 0 Å². The number of carbonyl (C=O) groups excluding carboxylic acids is 1. The standard InChI is InChI=1S/C12H21N3OS/c1-14-6-8-15(9-7-14)11(16)12(10(13)17)4-2-3-5-12/h2-9H2,1H3,(H2,13,17). The van der Waals surface area contributed by atoms with Crippen molar-refractivity contribution in [1.82, 2.24) is 9.80 Å². The Bertz CT molecular complexity index is 318.